The summed E-state index contributed by atoms with van der Waals surface area (Å²) in [6.45, 7) is 3.00. The summed E-state index contributed by atoms with van der Waals surface area (Å²) >= 11 is 9.40. The maximum Gasteiger partial charge on any atom is 0.162 e. The first-order valence-corrected chi connectivity index (χ1v) is 6.92. The molecular weight excluding hydrogens is 332 g/mol. The first-order chi connectivity index (χ1) is 9.15. The van der Waals surface area contributed by atoms with Crippen molar-refractivity contribution < 1.29 is 9.47 Å². The van der Waals surface area contributed by atoms with E-state index in [1.54, 1.807) is 0 Å². The summed E-state index contributed by atoms with van der Waals surface area (Å²) in [5, 5.41) is 0.400. The molecule has 4 nitrogen and oxygen atoms in total. The highest BCUT2D eigenvalue weighted by molar-refractivity contribution is 9.10. The molecule has 0 atom stereocenters. The number of fused-ring (bicyclic) bond motifs is 1. The molecule has 6 heteroatoms. The fraction of sp³-hybridized carbons (Fsp3) is 0.231. The van der Waals surface area contributed by atoms with Crippen LogP contribution in [0.5, 0.6) is 11.5 Å². The highest BCUT2D eigenvalue weighted by Crippen LogP contribution is 2.34. The van der Waals surface area contributed by atoms with Crippen molar-refractivity contribution in [1.82, 2.24) is 9.97 Å². The lowest BCUT2D eigenvalue weighted by Crippen LogP contribution is -2.15. The fourth-order valence-corrected chi connectivity index (χ4v) is 2.23. The van der Waals surface area contributed by atoms with E-state index >= 15 is 0 Å². The molecule has 0 fully saturated rings. The van der Waals surface area contributed by atoms with Crippen molar-refractivity contribution in [3.8, 4) is 22.9 Å². The molecule has 0 spiro atoms. The van der Waals surface area contributed by atoms with Crippen molar-refractivity contribution in [2.45, 2.75) is 6.92 Å². The van der Waals surface area contributed by atoms with E-state index in [1.807, 2.05) is 25.1 Å². The number of benzene rings is 1. The van der Waals surface area contributed by atoms with Gasteiger partial charge in [0.2, 0.25) is 0 Å². The molecule has 0 saturated heterocycles. The zero-order valence-corrected chi connectivity index (χ0v) is 12.5. The van der Waals surface area contributed by atoms with Crippen molar-refractivity contribution in [1.29, 1.82) is 0 Å². The van der Waals surface area contributed by atoms with E-state index < -0.39 is 0 Å². The standard InChI is InChI=1S/C13H10BrClN2O2/c1-7-11(14)12(15)17-13(16-7)8-2-3-9-10(6-8)19-5-4-18-9/h2-3,6H,4-5H2,1H3. The summed E-state index contributed by atoms with van der Waals surface area (Å²) in [6, 6.07) is 5.62. The van der Waals surface area contributed by atoms with Gasteiger partial charge < -0.3 is 9.47 Å². The van der Waals surface area contributed by atoms with Gasteiger partial charge in [0.15, 0.2) is 17.3 Å². The Bertz CT molecular complexity index is 626. The third-order valence-corrected chi connectivity index (χ3v) is 4.23. The summed E-state index contributed by atoms with van der Waals surface area (Å²) in [7, 11) is 0. The third-order valence-electron chi connectivity index (χ3n) is 2.78. The van der Waals surface area contributed by atoms with E-state index in [1.165, 1.54) is 0 Å². The van der Waals surface area contributed by atoms with Gasteiger partial charge in [0, 0.05) is 5.56 Å². The first-order valence-electron chi connectivity index (χ1n) is 5.75. The molecule has 0 aliphatic carbocycles. The molecule has 0 N–H and O–H groups in total. The van der Waals surface area contributed by atoms with Gasteiger partial charge >= 0.3 is 0 Å². The number of rotatable bonds is 1. The molecule has 1 aliphatic rings. The second-order valence-corrected chi connectivity index (χ2v) is 5.25. The summed E-state index contributed by atoms with van der Waals surface area (Å²) in [4.78, 5) is 8.68. The SMILES string of the molecule is Cc1nc(-c2ccc3c(c2)OCCO3)nc(Cl)c1Br. The highest BCUT2D eigenvalue weighted by Gasteiger charge is 2.15. The van der Waals surface area contributed by atoms with E-state index in [4.69, 9.17) is 21.1 Å². The largest absolute Gasteiger partial charge is 0.486 e. The molecule has 1 aromatic heterocycles. The predicted molar refractivity (Wildman–Crippen MR) is 75.9 cm³/mol. The average Bonchev–Trinajstić information content (AvgIpc) is 2.43. The van der Waals surface area contributed by atoms with E-state index in [-0.39, 0.29) is 0 Å². The lowest BCUT2D eigenvalue weighted by Gasteiger charge is -2.18. The highest BCUT2D eigenvalue weighted by atomic mass is 79.9. The number of hydrogen-bond acceptors (Lipinski definition) is 4. The lowest BCUT2D eigenvalue weighted by molar-refractivity contribution is 0.171. The van der Waals surface area contributed by atoms with Gasteiger partial charge in [-0.1, -0.05) is 11.6 Å². The van der Waals surface area contributed by atoms with Gasteiger partial charge in [-0.25, -0.2) is 9.97 Å². The number of hydrogen-bond donors (Lipinski definition) is 0. The summed E-state index contributed by atoms with van der Waals surface area (Å²) in [5.41, 5.74) is 1.65. The van der Waals surface area contributed by atoms with Gasteiger partial charge in [-0.15, -0.1) is 0 Å². The topological polar surface area (TPSA) is 44.2 Å². The first kappa shape index (κ1) is 12.7. The maximum absolute atomic E-state index is 6.06. The van der Waals surface area contributed by atoms with E-state index in [9.17, 15) is 0 Å². The predicted octanol–water partition coefficient (Wildman–Crippen LogP) is 3.64. The quantitative estimate of drug-likeness (QED) is 0.743. The van der Waals surface area contributed by atoms with E-state index in [0.29, 0.717) is 29.9 Å². The molecule has 2 heterocycles. The van der Waals surface area contributed by atoms with Crippen molar-refractivity contribution in [3.05, 3.63) is 33.5 Å². The van der Waals surface area contributed by atoms with Crippen LogP contribution in [0.2, 0.25) is 5.15 Å². The normalized spacial score (nSPS) is 13.4. The number of aromatic nitrogens is 2. The van der Waals surface area contributed by atoms with Crippen LogP contribution in [0.25, 0.3) is 11.4 Å². The zero-order valence-electron chi connectivity index (χ0n) is 10.1. The zero-order chi connectivity index (χ0) is 13.4. The van der Waals surface area contributed by atoms with Crippen LogP contribution >= 0.6 is 27.5 Å². The Balaban J connectivity index is 2.07. The number of aryl methyl sites for hydroxylation is 1. The van der Waals surface area contributed by atoms with Gasteiger partial charge in [-0.3, -0.25) is 0 Å². The molecule has 0 bridgehead atoms. The lowest BCUT2D eigenvalue weighted by atomic mass is 10.2. The molecule has 0 radical (unpaired) electrons. The molecule has 1 aliphatic heterocycles. The van der Waals surface area contributed by atoms with E-state index in [2.05, 4.69) is 25.9 Å². The van der Waals surface area contributed by atoms with Crippen LogP contribution < -0.4 is 9.47 Å². The van der Waals surface area contributed by atoms with Crippen LogP contribution in [0.1, 0.15) is 5.69 Å². The fourth-order valence-electron chi connectivity index (χ4n) is 1.84. The molecule has 0 amide bonds. The molecule has 0 saturated carbocycles. The summed E-state index contributed by atoms with van der Waals surface area (Å²) in [6.07, 6.45) is 0. The number of halogens is 2. The van der Waals surface area contributed by atoms with Gasteiger partial charge in [0.25, 0.3) is 0 Å². The van der Waals surface area contributed by atoms with Gasteiger partial charge in [-0.05, 0) is 41.1 Å². The maximum atomic E-state index is 6.06. The van der Waals surface area contributed by atoms with Gasteiger partial charge in [-0.2, -0.15) is 0 Å². The third kappa shape index (κ3) is 2.40. The summed E-state index contributed by atoms with van der Waals surface area (Å²) in [5.74, 6) is 2.03. The van der Waals surface area contributed by atoms with Crippen LogP contribution in [0.15, 0.2) is 22.7 Å². The Morgan fingerprint density at radius 1 is 1.16 bits per heavy atom. The monoisotopic (exact) mass is 340 g/mol. The van der Waals surface area contributed by atoms with Gasteiger partial charge in [0.05, 0.1) is 10.2 Å². The molecule has 1 aromatic carbocycles. The molecule has 98 valence electrons. The number of nitrogens with zero attached hydrogens (tertiary/aromatic N) is 2. The van der Waals surface area contributed by atoms with Gasteiger partial charge in [0.1, 0.15) is 18.4 Å². The Hall–Kier alpha value is -1.33. The van der Waals surface area contributed by atoms with Crippen molar-refractivity contribution >= 4 is 27.5 Å². The van der Waals surface area contributed by atoms with Crippen molar-refractivity contribution in [3.63, 3.8) is 0 Å². The Kier molecular flexibility index (Phi) is 3.33. The van der Waals surface area contributed by atoms with E-state index in [0.717, 1.165) is 21.5 Å². The van der Waals surface area contributed by atoms with Crippen molar-refractivity contribution in [2.24, 2.45) is 0 Å². The minimum atomic E-state index is 0.400. The Labute approximate surface area is 123 Å². The van der Waals surface area contributed by atoms with Crippen LogP contribution in [0.3, 0.4) is 0 Å². The van der Waals surface area contributed by atoms with Crippen LogP contribution in [0.4, 0.5) is 0 Å². The Morgan fingerprint density at radius 2 is 1.89 bits per heavy atom. The molecule has 0 unspecified atom stereocenters. The van der Waals surface area contributed by atoms with Crippen LogP contribution in [-0.2, 0) is 0 Å². The smallest absolute Gasteiger partial charge is 0.162 e. The molecule has 3 rings (SSSR count). The van der Waals surface area contributed by atoms with Crippen LogP contribution in [-0.4, -0.2) is 23.2 Å². The molecule has 19 heavy (non-hydrogen) atoms. The number of ether oxygens (including phenoxy) is 2. The van der Waals surface area contributed by atoms with Crippen molar-refractivity contribution in [2.75, 3.05) is 13.2 Å². The summed E-state index contributed by atoms with van der Waals surface area (Å²) < 4.78 is 11.7. The van der Waals surface area contributed by atoms with Crippen LogP contribution in [0, 0.1) is 6.92 Å². The average molecular weight is 342 g/mol. The second kappa shape index (κ2) is 4.98. The minimum Gasteiger partial charge on any atom is -0.486 e. The molecule has 2 aromatic rings. The Morgan fingerprint density at radius 3 is 2.63 bits per heavy atom. The second-order valence-electron chi connectivity index (χ2n) is 4.10. The molecular formula is C13H10BrClN2O2. The minimum absolute atomic E-state index is 0.400.